The molecule has 3 atom stereocenters. The Labute approximate surface area is 217 Å². The third-order valence-corrected chi connectivity index (χ3v) is 6.65. The molecule has 0 saturated carbocycles. The van der Waals surface area contributed by atoms with Crippen LogP contribution >= 0.6 is 0 Å². The molecule has 8 heteroatoms. The number of benzene rings is 2. The molecule has 0 saturated heterocycles. The van der Waals surface area contributed by atoms with Crippen molar-refractivity contribution in [2.45, 2.75) is 32.5 Å². The Kier molecular flexibility index (Phi) is 8.53. The fourth-order valence-electron chi connectivity index (χ4n) is 4.49. The first-order chi connectivity index (χ1) is 17.9. The van der Waals surface area contributed by atoms with Crippen molar-refractivity contribution in [1.29, 1.82) is 0 Å². The van der Waals surface area contributed by atoms with Crippen LogP contribution in [0.2, 0.25) is 0 Å². The van der Waals surface area contributed by atoms with E-state index in [9.17, 15) is 14.7 Å². The molecule has 2 heterocycles. The van der Waals surface area contributed by atoms with Crippen LogP contribution in [0.4, 0.5) is 5.69 Å². The number of likely N-dealkylation sites (N-methyl/N-ethyl adjacent to an activating group) is 1. The van der Waals surface area contributed by atoms with Crippen LogP contribution in [0.25, 0.3) is 0 Å². The van der Waals surface area contributed by atoms with Gasteiger partial charge in [0.15, 0.2) is 0 Å². The van der Waals surface area contributed by atoms with Crippen molar-refractivity contribution in [2.24, 2.45) is 5.92 Å². The second kappa shape index (κ2) is 12.0. The summed E-state index contributed by atoms with van der Waals surface area (Å²) in [6.45, 7) is 5.63. The van der Waals surface area contributed by atoms with Crippen molar-refractivity contribution in [3.05, 3.63) is 89.7 Å². The summed E-state index contributed by atoms with van der Waals surface area (Å²) in [4.78, 5) is 34.1. The van der Waals surface area contributed by atoms with Crippen LogP contribution in [0.3, 0.4) is 0 Å². The average molecular weight is 503 g/mol. The minimum Gasteiger partial charge on any atom is -0.488 e. The third kappa shape index (κ3) is 6.53. The number of amides is 2. The summed E-state index contributed by atoms with van der Waals surface area (Å²) < 4.78 is 6.46. The van der Waals surface area contributed by atoms with Gasteiger partial charge in [-0.05, 0) is 49.9 Å². The lowest BCUT2D eigenvalue weighted by molar-refractivity contribution is 0.0341. The molecule has 0 radical (unpaired) electrons. The second-order valence-electron chi connectivity index (χ2n) is 9.71. The first-order valence-electron chi connectivity index (χ1n) is 12.5. The van der Waals surface area contributed by atoms with E-state index in [1.807, 2.05) is 25.1 Å². The van der Waals surface area contributed by atoms with Gasteiger partial charge in [-0.3, -0.25) is 19.5 Å². The van der Waals surface area contributed by atoms with Crippen LogP contribution in [0.5, 0.6) is 5.75 Å². The lowest BCUT2D eigenvalue weighted by Crippen LogP contribution is -2.49. The van der Waals surface area contributed by atoms with Gasteiger partial charge in [0, 0.05) is 49.2 Å². The molecule has 1 aliphatic rings. The third-order valence-electron chi connectivity index (χ3n) is 6.65. The molecule has 37 heavy (non-hydrogen) atoms. The number of aliphatic hydroxyl groups is 1. The molecule has 0 fully saturated rings. The molecular weight excluding hydrogens is 468 g/mol. The molecule has 2 aromatic carbocycles. The Bertz CT molecular complexity index is 1210. The minimum atomic E-state index is -0.362. The van der Waals surface area contributed by atoms with Gasteiger partial charge in [-0.1, -0.05) is 37.3 Å². The Balaban J connectivity index is 1.60. The topological polar surface area (TPSA) is 95.0 Å². The van der Waals surface area contributed by atoms with Crippen molar-refractivity contribution in [3.8, 4) is 5.75 Å². The van der Waals surface area contributed by atoms with Crippen LogP contribution in [-0.4, -0.2) is 70.6 Å². The lowest BCUT2D eigenvalue weighted by atomic mass is 9.99. The zero-order valence-electron chi connectivity index (χ0n) is 21.5. The number of pyridine rings is 1. The standard InChI is InChI=1S/C29H34N4O4/c1-20-16-33(21(2)19-34)29(36)25-15-24(31-28(35)23-11-13-30-14-12-23)9-10-26(25)37-27(20)18-32(3)17-22-7-5-4-6-8-22/h4-15,20-21,27,34H,16-19H2,1-3H3,(H,31,35)/t20-,21-,27-/m1/s1. The number of hydrogen-bond donors (Lipinski definition) is 2. The van der Waals surface area contributed by atoms with E-state index in [-0.39, 0.29) is 36.5 Å². The van der Waals surface area contributed by atoms with Crippen LogP contribution in [0, 0.1) is 5.92 Å². The molecule has 4 rings (SSSR count). The molecule has 2 N–H and O–H groups in total. The van der Waals surface area contributed by atoms with Crippen molar-refractivity contribution < 1.29 is 19.4 Å². The Morgan fingerprint density at radius 1 is 1.19 bits per heavy atom. The molecule has 8 nitrogen and oxygen atoms in total. The quantitative estimate of drug-likeness (QED) is 0.488. The van der Waals surface area contributed by atoms with Crippen LogP contribution in [0.1, 0.15) is 40.1 Å². The summed E-state index contributed by atoms with van der Waals surface area (Å²) >= 11 is 0. The summed E-state index contributed by atoms with van der Waals surface area (Å²) in [7, 11) is 2.06. The number of nitrogens with zero attached hydrogens (tertiary/aromatic N) is 3. The van der Waals surface area contributed by atoms with Gasteiger partial charge < -0.3 is 20.1 Å². The number of aliphatic hydroxyl groups excluding tert-OH is 1. The van der Waals surface area contributed by atoms with Gasteiger partial charge in [0.2, 0.25) is 0 Å². The number of aromatic nitrogens is 1. The van der Waals surface area contributed by atoms with Gasteiger partial charge in [0.1, 0.15) is 11.9 Å². The van der Waals surface area contributed by atoms with Crippen molar-refractivity contribution in [3.63, 3.8) is 0 Å². The number of nitrogens with one attached hydrogen (secondary N) is 1. The second-order valence-corrected chi connectivity index (χ2v) is 9.71. The zero-order chi connectivity index (χ0) is 26.4. The normalized spacial score (nSPS) is 18.4. The number of carbonyl (C=O) groups excluding carboxylic acids is 2. The summed E-state index contributed by atoms with van der Waals surface area (Å²) in [6, 6.07) is 18.3. The highest BCUT2D eigenvalue weighted by atomic mass is 16.5. The predicted molar refractivity (Wildman–Crippen MR) is 143 cm³/mol. The van der Waals surface area contributed by atoms with E-state index in [1.54, 1.807) is 47.6 Å². The van der Waals surface area contributed by atoms with Gasteiger partial charge in [0.25, 0.3) is 11.8 Å². The van der Waals surface area contributed by atoms with Crippen LogP contribution < -0.4 is 10.1 Å². The first-order valence-corrected chi connectivity index (χ1v) is 12.5. The Hall–Kier alpha value is -3.75. The molecule has 0 unspecified atom stereocenters. The molecule has 2 amide bonds. The van der Waals surface area contributed by atoms with E-state index >= 15 is 0 Å². The van der Waals surface area contributed by atoms with Gasteiger partial charge in [-0.2, -0.15) is 0 Å². The Morgan fingerprint density at radius 2 is 1.92 bits per heavy atom. The van der Waals surface area contributed by atoms with E-state index in [0.717, 1.165) is 6.54 Å². The van der Waals surface area contributed by atoms with Gasteiger partial charge in [0.05, 0.1) is 18.2 Å². The lowest BCUT2D eigenvalue weighted by Gasteiger charge is -2.38. The SMILES string of the molecule is C[C@@H]1CN([C@H](C)CO)C(=O)c2cc(NC(=O)c3ccncc3)ccc2O[C@@H]1CN(C)Cc1ccccc1. The molecule has 194 valence electrons. The maximum atomic E-state index is 13.6. The number of carbonyl (C=O) groups is 2. The smallest absolute Gasteiger partial charge is 0.258 e. The highest BCUT2D eigenvalue weighted by Crippen LogP contribution is 2.31. The highest BCUT2D eigenvalue weighted by molar-refractivity contribution is 6.05. The fraction of sp³-hybridized carbons (Fsp3) is 0.345. The van der Waals surface area contributed by atoms with Crippen molar-refractivity contribution >= 4 is 17.5 Å². The Morgan fingerprint density at radius 3 is 2.62 bits per heavy atom. The van der Waals surface area contributed by atoms with Gasteiger partial charge >= 0.3 is 0 Å². The largest absolute Gasteiger partial charge is 0.488 e. The molecule has 0 spiro atoms. The maximum absolute atomic E-state index is 13.6. The first kappa shape index (κ1) is 26.3. The summed E-state index contributed by atoms with van der Waals surface area (Å²) in [5, 5.41) is 12.7. The fourth-order valence-corrected chi connectivity index (χ4v) is 4.49. The molecular formula is C29H34N4O4. The van der Waals surface area contributed by atoms with E-state index in [0.29, 0.717) is 35.7 Å². The highest BCUT2D eigenvalue weighted by Gasteiger charge is 2.33. The molecule has 0 bridgehead atoms. The zero-order valence-corrected chi connectivity index (χ0v) is 21.5. The minimum absolute atomic E-state index is 0.0235. The number of anilines is 1. The number of rotatable bonds is 8. The number of fused-ring (bicyclic) bond motifs is 1. The van der Waals surface area contributed by atoms with E-state index in [4.69, 9.17) is 4.74 Å². The molecule has 1 aliphatic heterocycles. The monoisotopic (exact) mass is 502 g/mol. The predicted octanol–water partition coefficient (Wildman–Crippen LogP) is 3.69. The average Bonchev–Trinajstić information content (AvgIpc) is 2.91. The van der Waals surface area contributed by atoms with E-state index < -0.39 is 0 Å². The molecule has 1 aromatic heterocycles. The molecule has 3 aromatic rings. The van der Waals surface area contributed by atoms with Crippen molar-refractivity contribution in [1.82, 2.24) is 14.8 Å². The van der Waals surface area contributed by atoms with Crippen LogP contribution in [0.15, 0.2) is 73.1 Å². The van der Waals surface area contributed by atoms with Gasteiger partial charge in [-0.25, -0.2) is 0 Å². The van der Waals surface area contributed by atoms with E-state index in [2.05, 4.69) is 41.3 Å². The summed E-state index contributed by atoms with van der Waals surface area (Å²) in [5.74, 6) is -0.0437. The number of ether oxygens (including phenoxy) is 1. The molecule has 0 aliphatic carbocycles. The summed E-state index contributed by atoms with van der Waals surface area (Å²) in [6.07, 6.45) is 2.92. The van der Waals surface area contributed by atoms with Gasteiger partial charge in [-0.15, -0.1) is 0 Å². The van der Waals surface area contributed by atoms with E-state index in [1.165, 1.54) is 5.56 Å². The summed E-state index contributed by atoms with van der Waals surface area (Å²) in [5.41, 5.74) is 2.52. The van der Waals surface area contributed by atoms with Crippen molar-refractivity contribution in [2.75, 3.05) is 32.1 Å². The number of hydrogen-bond acceptors (Lipinski definition) is 6. The maximum Gasteiger partial charge on any atom is 0.258 e. The van der Waals surface area contributed by atoms with Crippen LogP contribution in [-0.2, 0) is 6.54 Å².